The first-order valence-electron chi connectivity index (χ1n) is 10.5. The first kappa shape index (κ1) is 23.7. The van der Waals surface area contributed by atoms with E-state index in [9.17, 15) is 18.8 Å². The Hall–Kier alpha value is -2.98. The zero-order chi connectivity index (χ0) is 23.4. The maximum Gasteiger partial charge on any atom is 0.330 e. The first-order valence-corrected chi connectivity index (χ1v) is 11.3. The van der Waals surface area contributed by atoms with Gasteiger partial charge in [0.1, 0.15) is 11.6 Å². The number of thiophene rings is 1. The molecule has 0 spiro atoms. The third kappa shape index (κ3) is 4.33. The standard InChI is InChI=1S/C22H27FN4O4S/c1-4-6-11-26(17-19(24)27(10-5-2)22(30)25-20(17)28)21(29)18-13(12-31-3)16-14(23)8-7-9-15(16)32-18/h7-9H,4-6,10-12,24H2,1-3H3,(H,25,28,30). The van der Waals surface area contributed by atoms with E-state index in [4.69, 9.17) is 10.5 Å². The van der Waals surface area contributed by atoms with Gasteiger partial charge in [-0.1, -0.05) is 26.3 Å². The molecule has 0 fully saturated rings. The molecule has 0 saturated heterocycles. The Morgan fingerprint density at radius 1 is 1.28 bits per heavy atom. The van der Waals surface area contributed by atoms with Crippen LogP contribution in [0.2, 0.25) is 0 Å². The summed E-state index contributed by atoms with van der Waals surface area (Å²) in [4.78, 5) is 42.6. The number of anilines is 2. The molecule has 0 aliphatic heterocycles. The molecule has 0 saturated carbocycles. The second-order valence-electron chi connectivity index (χ2n) is 7.41. The molecule has 3 N–H and O–H groups in total. The number of H-pyrrole nitrogens is 1. The number of nitrogens with one attached hydrogen (secondary N) is 1. The summed E-state index contributed by atoms with van der Waals surface area (Å²) in [5, 5.41) is 0.330. The molecule has 172 valence electrons. The normalized spacial score (nSPS) is 11.2. The van der Waals surface area contributed by atoms with Gasteiger partial charge in [0.05, 0.1) is 11.5 Å². The first-order chi connectivity index (χ1) is 15.3. The number of amides is 1. The predicted molar refractivity (Wildman–Crippen MR) is 125 cm³/mol. The monoisotopic (exact) mass is 462 g/mol. The average Bonchev–Trinajstić information content (AvgIpc) is 3.13. The van der Waals surface area contributed by atoms with E-state index >= 15 is 0 Å². The van der Waals surface area contributed by atoms with E-state index in [1.54, 1.807) is 12.1 Å². The van der Waals surface area contributed by atoms with Gasteiger partial charge in [-0.25, -0.2) is 9.18 Å². The van der Waals surface area contributed by atoms with Crippen molar-refractivity contribution in [2.45, 2.75) is 46.3 Å². The fourth-order valence-corrected chi connectivity index (χ4v) is 4.83. The number of carbonyl (C=O) groups excluding carboxylic acids is 1. The van der Waals surface area contributed by atoms with E-state index < -0.39 is 23.0 Å². The van der Waals surface area contributed by atoms with Crippen molar-refractivity contribution in [2.75, 3.05) is 24.3 Å². The smallest absolute Gasteiger partial charge is 0.330 e. The highest BCUT2D eigenvalue weighted by molar-refractivity contribution is 7.21. The number of hydrogen-bond acceptors (Lipinski definition) is 6. The minimum Gasteiger partial charge on any atom is -0.383 e. The Labute approximate surface area is 188 Å². The van der Waals surface area contributed by atoms with E-state index in [0.29, 0.717) is 35.0 Å². The van der Waals surface area contributed by atoms with Gasteiger partial charge in [-0.2, -0.15) is 0 Å². The molecule has 0 radical (unpaired) electrons. The third-order valence-corrected chi connectivity index (χ3v) is 6.34. The summed E-state index contributed by atoms with van der Waals surface area (Å²) in [7, 11) is 1.47. The van der Waals surface area contributed by atoms with Crippen LogP contribution in [0.3, 0.4) is 0 Å². The van der Waals surface area contributed by atoms with Crippen molar-refractivity contribution in [1.29, 1.82) is 0 Å². The molecule has 8 nitrogen and oxygen atoms in total. The Morgan fingerprint density at radius 2 is 2.03 bits per heavy atom. The molecule has 1 amide bonds. The summed E-state index contributed by atoms with van der Waals surface area (Å²) >= 11 is 1.14. The highest BCUT2D eigenvalue weighted by atomic mass is 32.1. The number of nitrogens with zero attached hydrogens (tertiary/aromatic N) is 2. The van der Waals surface area contributed by atoms with Gasteiger partial charge in [-0.3, -0.25) is 24.0 Å². The number of unbranched alkanes of at least 4 members (excludes halogenated alkanes) is 1. The summed E-state index contributed by atoms with van der Waals surface area (Å²) < 4.78 is 21.7. The van der Waals surface area contributed by atoms with Gasteiger partial charge in [0.15, 0.2) is 5.69 Å². The second-order valence-corrected chi connectivity index (χ2v) is 8.46. The SMILES string of the molecule is CCCCN(C(=O)c1sc2cccc(F)c2c1COC)c1c(N)n(CCC)c(=O)[nH]c1=O. The molecule has 0 aliphatic rings. The molecule has 3 aromatic rings. The van der Waals surface area contributed by atoms with Crippen molar-refractivity contribution in [3.63, 3.8) is 0 Å². The molecular formula is C22H27FN4O4S. The molecule has 32 heavy (non-hydrogen) atoms. The highest BCUT2D eigenvalue weighted by Crippen LogP contribution is 2.35. The van der Waals surface area contributed by atoms with Crippen molar-refractivity contribution in [3.8, 4) is 0 Å². The van der Waals surface area contributed by atoms with Crippen LogP contribution in [0.5, 0.6) is 0 Å². The van der Waals surface area contributed by atoms with Gasteiger partial charge < -0.3 is 10.5 Å². The topological polar surface area (TPSA) is 110 Å². The molecular weight excluding hydrogens is 435 g/mol. The summed E-state index contributed by atoms with van der Waals surface area (Å²) in [6, 6.07) is 4.65. The number of aromatic nitrogens is 2. The van der Waals surface area contributed by atoms with Crippen LogP contribution in [-0.2, 0) is 17.9 Å². The maximum atomic E-state index is 14.6. The van der Waals surface area contributed by atoms with Crippen LogP contribution in [-0.4, -0.2) is 29.1 Å². The zero-order valence-electron chi connectivity index (χ0n) is 18.4. The summed E-state index contributed by atoms with van der Waals surface area (Å²) in [6.45, 7) is 4.38. The van der Waals surface area contributed by atoms with Gasteiger partial charge in [0, 0.05) is 35.8 Å². The fraction of sp³-hybridized carbons (Fsp3) is 0.409. The number of nitrogen functional groups attached to an aromatic ring is 1. The maximum absolute atomic E-state index is 14.6. The number of carbonyl (C=O) groups is 1. The van der Waals surface area contributed by atoms with E-state index in [0.717, 1.165) is 17.8 Å². The summed E-state index contributed by atoms with van der Waals surface area (Å²) in [6.07, 6.45) is 1.99. The van der Waals surface area contributed by atoms with Gasteiger partial charge >= 0.3 is 5.69 Å². The molecule has 1 aromatic carbocycles. The number of hydrogen-bond donors (Lipinski definition) is 2. The number of aromatic amines is 1. The highest BCUT2D eigenvalue weighted by Gasteiger charge is 2.29. The zero-order valence-corrected chi connectivity index (χ0v) is 19.2. The Bertz CT molecular complexity index is 1250. The Balaban J connectivity index is 2.23. The van der Waals surface area contributed by atoms with Crippen LogP contribution >= 0.6 is 11.3 Å². The van der Waals surface area contributed by atoms with Gasteiger partial charge in [0.2, 0.25) is 0 Å². The number of nitrogens with two attached hydrogens (primary N) is 1. The second kappa shape index (κ2) is 10.1. The lowest BCUT2D eigenvalue weighted by atomic mass is 10.1. The number of halogens is 1. The fourth-order valence-electron chi connectivity index (χ4n) is 3.66. The molecule has 2 aromatic heterocycles. The van der Waals surface area contributed by atoms with Crippen molar-refractivity contribution in [1.82, 2.24) is 9.55 Å². The largest absolute Gasteiger partial charge is 0.383 e. The van der Waals surface area contributed by atoms with E-state index in [1.165, 1.54) is 22.6 Å². The average molecular weight is 463 g/mol. The third-order valence-electron chi connectivity index (χ3n) is 5.16. The lowest BCUT2D eigenvalue weighted by molar-refractivity contribution is 0.0986. The molecule has 2 heterocycles. The lowest BCUT2D eigenvalue weighted by Gasteiger charge is -2.24. The number of methoxy groups -OCH3 is 1. The molecule has 0 bridgehead atoms. The quantitative estimate of drug-likeness (QED) is 0.506. The van der Waals surface area contributed by atoms with Gasteiger partial charge in [0.25, 0.3) is 11.5 Å². The minimum absolute atomic E-state index is 0.0325. The van der Waals surface area contributed by atoms with Crippen molar-refractivity contribution in [3.05, 3.63) is 55.3 Å². The van der Waals surface area contributed by atoms with E-state index in [-0.39, 0.29) is 29.5 Å². The van der Waals surface area contributed by atoms with Crippen LogP contribution in [0.1, 0.15) is 48.3 Å². The van der Waals surface area contributed by atoms with Gasteiger partial charge in [-0.15, -0.1) is 11.3 Å². The van der Waals surface area contributed by atoms with Crippen molar-refractivity contribution in [2.24, 2.45) is 0 Å². The molecule has 3 rings (SSSR count). The number of benzene rings is 1. The predicted octanol–water partition coefficient (Wildman–Crippen LogP) is 3.48. The molecule has 0 unspecified atom stereocenters. The van der Waals surface area contributed by atoms with Crippen molar-refractivity contribution < 1.29 is 13.9 Å². The summed E-state index contributed by atoms with van der Waals surface area (Å²) in [5.41, 5.74) is 5.22. The number of ether oxygens (including phenoxy) is 1. The van der Waals surface area contributed by atoms with Crippen LogP contribution in [0, 0.1) is 5.82 Å². The molecule has 10 heteroatoms. The summed E-state index contributed by atoms with van der Waals surface area (Å²) in [5.74, 6) is -0.991. The lowest BCUT2D eigenvalue weighted by Crippen LogP contribution is -2.41. The molecule has 0 aliphatic carbocycles. The van der Waals surface area contributed by atoms with Crippen LogP contribution < -0.4 is 21.9 Å². The number of fused-ring (bicyclic) bond motifs is 1. The van der Waals surface area contributed by atoms with E-state index in [1.807, 2.05) is 13.8 Å². The van der Waals surface area contributed by atoms with Crippen LogP contribution in [0.15, 0.2) is 27.8 Å². The minimum atomic E-state index is -0.732. The Morgan fingerprint density at radius 3 is 2.69 bits per heavy atom. The van der Waals surface area contributed by atoms with E-state index in [2.05, 4.69) is 4.98 Å². The Kier molecular flexibility index (Phi) is 7.47. The van der Waals surface area contributed by atoms with Gasteiger partial charge in [-0.05, 0) is 25.0 Å². The van der Waals surface area contributed by atoms with Crippen molar-refractivity contribution >= 4 is 38.8 Å². The van der Waals surface area contributed by atoms with Crippen LogP contribution in [0.25, 0.3) is 10.1 Å². The van der Waals surface area contributed by atoms with Crippen LogP contribution in [0.4, 0.5) is 15.9 Å². The molecule has 0 atom stereocenters. The number of rotatable bonds is 9.